The molecule has 1 atom stereocenters. The molecular formula is C18H25NO5S2. The number of methoxy groups -OCH3 is 2. The van der Waals surface area contributed by atoms with Crippen LogP contribution in [0.5, 0.6) is 11.5 Å². The molecule has 0 aromatic heterocycles. The molecule has 1 saturated heterocycles. The summed E-state index contributed by atoms with van der Waals surface area (Å²) in [6.45, 7) is -0.311. The third-order valence-corrected chi connectivity index (χ3v) is 6.94. The molecule has 2 rings (SSSR count). The van der Waals surface area contributed by atoms with E-state index in [1.54, 1.807) is 25.3 Å². The van der Waals surface area contributed by atoms with Crippen molar-refractivity contribution < 1.29 is 23.8 Å². The second kappa shape index (κ2) is 11.2. The van der Waals surface area contributed by atoms with Crippen molar-refractivity contribution in [3.63, 3.8) is 0 Å². The minimum absolute atomic E-state index is 0.311. The molecule has 0 radical (unpaired) electrons. The Morgan fingerprint density at radius 3 is 2.77 bits per heavy atom. The summed E-state index contributed by atoms with van der Waals surface area (Å²) < 4.78 is 15.4. The Bertz CT molecular complexity index is 605. The lowest BCUT2D eigenvalue weighted by atomic mass is 10.1. The van der Waals surface area contributed by atoms with E-state index >= 15 is 0 Å². The highest BCUT2D eigenvalue weighted by atomic mass is 33.1. The van der Waals surface area contributed by atoms with Crippen molar-refractivity contribution in [2.24, 2.45) is 0 Å². The number of ether oxygens (including phenoxy) is 3. The number of anilines is 1. The van der Waals surface area contributed by atoms with Crippen LogP contribution >= 0.6 is 21.6 Å². The summed E-state index contributed by atoms with van der Waals surface area (Å²) in [7, 11) is 6.93. The molecule has 8 heteroatoms. The number of hydrogen-bond donors (Lipinski definition) is 1. The minimum Gasteiger partial charge on any atom is -0.497 e. The monoisotopic (exact) mass is 399 g/mol. The van der Waals surface area contributed by atoms with E-state index in [0.29, 0.717) is 23.6 Å². The van der Waals surface area contributed by atoms with Gasteiger partial charge in [0, 0.05) is 23.5 Å². The first-order valence-electron chi connectivity index (χ1n) is 8.58. The molecule has 0 aliphatic carbocycles. The quantitative estimate of drug-likeness (QED) is 0.363. The van der Waals surface area contributed by atoms with E-state index in [0.717, 1.165) is 24.5 Å². The molecule has 1 N–H and O–H groups in total. The number of rotatable bonds is 10. The van der Waals surface area contributed by atoms with Crippen LogP contribution < -0.4 is 14.8 Å². The van der Waals surface area contributed by atoms with Gasteiger partial charge in [-0.1, -0.05) is 28.0 Å². The molecule has 26 heavy (non-hydrogen) atoms. The first-order chi connectivity index (χ1) is 12.6. The summed E-state index contributed by atoms with van der Waals surface area (Å²) in [5.41, 5.74) is 0.472. The van der Waals surface area contributed by atoms with Gasteiger partial charge in [0.05, 0.1) is 19.9 Å². The van der Waals surface area contributed by atoms with E-state index in [-0.39, 0.29) is 12.6 Å². The van der Waals surface area contributed by atoms with Crippen molar-refractivity contribution in [1.29, 1.82) is 0 Å². The molecule has 0 bridgehead atoms. The van der Waals surface area contributed by atoms with Gasteiger partial charge in [-0.05, 0) is 31.4 Å². The summed E-state index contributed by atoms with van der Waals surface area (Å²) in [5, 5.41) is 3.39. The maximum atomic E-state index is 12.0. The second-order valence-corrected chi connectivity index (χ2v) is 8.64. The van der Waals surface area contributed by atoms with Gasteiger partial charge in [0.25, 0.3) is 5.91 Å². The van der Waals surface area contributed by atoms with E-state index in [4.69, 9.17) is 14.2 Å². The highest BCUT2D eigenvalue weighted by molar-refractivity contribution is 8.77. The first-order valence-corrected chi connectivity index (χ1v) is 11.0. The number of unbranched alkanes of at least 4 members (excludes halogenated alkanes) is 1. The zero-order valence-corrected chi connectivity index (χ0v) is 16.7. The van der Waals surface area contributed by atoms with Crippen LogP contribution in [0, 0.1) is 0 Å². The van der Waals surface area contributed by atoms with Gasteiger partial charge in [-0.2, -0.15) is 0 Å². The molecular weight excluding hydrogens is 374 g/mol. The lowest BCUT2D eigenvalue weighted by molar-refractivity contribution is -0.147. The Morgan fingerprint density at radius 2 is 2.08 bits per heavy atom. The van der Waals surface area contributed by atoms with Gasteiger partial charge in [-0.15, -0.1) is 0 Å². The molecule has 0 unspecified atom stereocenters. The van der Waals surface area contributed by atoms with E-state index < -0.39 is 5.91 Å². The Kier molecular flexibility index (Phi) is 8.97. The Morgan fingerprint density at radius 1 is 1.23 bits per heavy atom. The highest BCUT2D eigenvalue weighted by Gasteiger charge is 2.16. The first kappa shape index (κ1) is 20.8. The van der Waals surface area contributed by atoms with Crippen molar-refractivity contribution >= 4 is 39.2 Å². The summed E-state index contributed by atoms with van der Waals surface area (Å²) in [5.74, 6) is 1.57. The van der Waals surface area contributed by atoms with Gasteiger partial charge in [0.2, 0.25) is 0 Å². The van der Waals surface area contributed by atoms with Gasteiger partial charge >= 0.3 is 5.97 Å². The van der Waals surface area contributed by atoms with Gasteiger partial charge in [-0.25, -0.2) is 0 Å². The maximum absolute atomic E-state index is 12.0. The highest BCUT2D eigenvalue weighted by Crippen LogP contribution is 2.39. The lowest BCUT2D eigenvalue weighted by Gasteiger charge is -2.12. The van der Waals surface area contributed by atoms with E-state index in [1.165, 1.54) is 19.3 Å². The van der Waals surface area contributed by atoms with Crippen molar-refractivity contribution in [3.05, 3.63) is 18.2 Å². The molecule has 1 heterocycles. The normalized spacial score (nSPS) is 16.2. The van der Waals surface area contributed by atoms with Crippen LogP contribution in [0.4, 0.5) is 5.69 Å². The number of carbonyl (C=O) groups is 2. The van der Waals surface area contributed by atoms with Crippen molar-refractivity contribution in [2.75, 3.05) is 31.9 Å². The maximum Gasteiger partial charge on any atom is 0.306 e. The largest absolute Gasteiger partial charge is 0.497 e. The molecule has 1 aliphatic rings. The molecule has 144 valence electrons. The van der Waals surface area contributed by atoms with E-state index in [1.807, 2.05) is 21.6 Å². The Balaban J connectivity index is 1.66. The van der Waals surface area contributed by atoms with Crippen LogP contribution in [0.2, 0.25) is 0 Å². The number of hydrogen-bond acceptors (Lipinski definition) is 7. The third-order valence-electron chi connectivity index (χ3n) is 3.93. The van der Waals surface area contributed by atoms with Crippen LogP contribution in [-0.2, 0) is 14.3 Å². The summed E-state index contributed by atoms with van der Waals surface area (Å²) >= 11 is 0. The number of amides is 1. The summed E-state index contributed by atoms with van der Waals surface area (Å²) in [6, 6.07) is 5.08. The van der Waals surface area contributed by atoms with E-state index in [9.17, 15) is 9.59 Å². The average molecular weight is 400 g/mol. The smallest absolute Gasteiger partial charge is 0.306 e. The van der Waals surface area contributed by atoms with Crippen LogP contribution in [0.15, 0.2) is 18.2 Å². The number of benzene rings is 1. The molecule has 1 amide bonds. The molecule has 0 spiro atoms. The molecule has 1 aromatic rings. The van der Waals surface area contributed by atoms with Crippen molar-refractivity contribution in [3.8, 4) is 11.5 Å². The fraction of sp³-hybridized carbons (Fsp3) is 0.556. The van der Waals surface area contributed by atoms with Crippen LogP contribution in [-0.4, -0.2) is 43.7 Å². The lowest BCUT2D eigenvalue weighted by Crippen LogP contribution is -2.21. The fourth-order valence-electron chi connectivity index (χ4n) is 2.52. The zero-order chi connectivity index (χ0) is 18.8. The number of nitrogens with one attached hydrogen (secondary N) is 1. The fourth-order valence-corrected chi connectivity index (χ4v) is 5.55. The zero-order valence-electron chi connectivity index (χ0n) is 15.1. The standard InChI is InChI=1S/C18H25NO5S2/c1-22-13-7-8-16(23-2)15(11-13)19-17(20)12-24-18(21)6-4-3-5-14-9-10-25-26-14/h7-8,11,14H,3-6,9-10,12H2,1-2H3,(H,19,20)/t14-/m1/s1. The van der Waals surface area contributed by atoms with Crippen molar-refractivity contribution in [2.45, 2.75) is 37.4 Å². The Labute approximate surface area is 162 Å². The third kappa shape index (κ3) is 6.99. The van der Waals surface area contributed by atoms with Crippen LogP contribution in [0.1, 0.15) is 32.1 Å². The molecule has 1 aromatic carbocycles. The number of carbonyl (C=O) groups excluding carboxylic acids is 2. The molecule has 0 saturated carbocycles. The SMILES string of the molecule is COc1ccc(OC)c(NC(=O)COC(=O)CCCC[C@@H]2CCSS2)c1. The molecule has 6 nitrogen and oxygen atoms in total. The number of esters is 1. The van der Waals surface area contributed by atoms with E-state index in [2.05, 4.69) is 5.32 Å². The van der Waals surface area contributed by atoms with Gasteiger partial charge in [0.1, 0.15) is 11.5 Å². The predicted molar refractivity (Wildman–Crippen MR) is 106 cm³/mol. The topological polar surface area (TPSA) is 73.9 Å². The molecule has 1 fully saturated rings. The Hall–Kier alpha value is -1.54. The summed E-state index contributed by atoms with van der Waals surface area (Å²) in [4.78, 5) is 23.8. The minimum atomic E-state index is -0.413. The van der Waals surface area contributed by atoms with Crippen molar-refractivity contribution in [1.82, 2.24) is 0 Å². The predicted octanol–water partition coefficient (Wildman–Crippen LogP) is 3.90. The summed E-state index contributed by atoms with van der Waals surface area (Å²) in [6.07, 6.45) is 4.56. The van der Waals surface area contributed by atoms with Gasteiger partial charge in [-0.3, -0.25) is 9.59 Å². The van der Waals surface area contributed by atoms with Crippen LogP contribution in [0.25, 0.3) is 0 Å². The molecule has 1 aliphatic heterocycles. The second-order valence-electron chi connectivity index (χ2n) is 5.85. The average Bonchev–Trinajstić information content (AvgIpc) is 3.17. The van der Waals surface area contributed by atoms with Crippen LogP contribution in [0.3, 0.4) is 0 Å². The van der Waals surface area contributed by atoms with Gasteiger partial charge < -0.3 is 19.5 Å². The van der Waals surface area contributed by atoms with Gasteiger partial charge in [0.15, 0.2) is 6.61 Å².